The van der Waals surface area contributed by atoms with Crippen LogP contribution in [0.4, 0.5) is 35.1 Å². The van der Waals surface area contributed by atoms with Crippen molar-refractivity contribution in [2.45, 2.75) is 37.7 Å². The Morgan fingerprint density at radius 1 is 1.00 bits per heavy atom. The van der Waals surface area contributed by atoms with Gasteiger partial charge in [-0.15, -0.1) is 0 Å². The molecular formula is C7H8F8O. The molecule has 98 valence electrons. The van der Waals surface area contributed by atoms with Crippen LogP contribution >= 0.6 is 0 Å². The summed E-state index contributed by atoms with van der Waals surface area (Å²) in [5.74, 6) is -3.68. The third-order valence-corrected chi connectivity index (χ3v) is 1.29. The maximum absolute atomic E-state index is 12.4. The number of halogens is 8. The summed E-state index contributed by atoms with van der Waals surface area (Å²) in [7, 11) is 0. The molecule has 0 N–H and O–H groups in total. The van der Waals surface area contributed by atoms with Gasteiger partial charge in [0.2, 0.25) is 0 Å². The van der Waals surface area contributed by atoms with Gasteiger partial charge in [-0.25, -0.2) is 13.2 Å². The highest BCUT2D eigenvalue weighted by atomic mass is 19.4. The van der Waals surface area contributed by atoms with E-state index in [0.29, 0.717) is 0 Å². The van der Waals surface area contributed by atoms with Gasteiger partial charge in [-0.1, -0.05) is 0 Å². The molecule has 0 aromatic heterocycles. The van der Waals surface area contributed by atoms with Crippen LogP contribution in [0.5, 0.6) is 0 Å². The minimum Gasteiger partial charge on any atom is -0.312 e. The average Bonchev–Trinajstić information content (AvgIpc) is 1.96. The summed E-state index contributed by atoms with van der Waals surface area (Å²) in [5.41, 5.74) is 0. The van der Waals surface area contributed by atoms with Crippen molar-refractivity contribution < 1.29 is 39.9 Å². The SMILES string of the molecule is CC(F)(F)COC(F)(F)C(F)CC(F)(F)F. The van der Waals surface area contributed by atoms with Crippen LogP contribution in [-0.4, -0.2) is 31.0 Å². The molecule has 0 saturated carbocycles. The molecule has 0 bridgehead atoms. The Hall–Kier alpha value is -0.600. The standard InChI is InChI=1S/C7H8F8O/c1-5(9,10)3-16-7(14,15)4(8)2-6(11,12)13/h4H,2-3H2,1H3. The van der Waals surface area contributed by atoms with Gasteiger partial charge in [0.05, 0.1) is 6.42 Å². The van der Waals surface area contributed by atoms with E-state index in [-0.39, 0.29) is 6.92 Å². The number of ether oxygens (including phenoxy) is 1. The Morgan fingerprint density at radius 2 is 1.44 bits per heavy atom. The zero-order valence-corrected chi connectivity index (χ0v) is 7.92. The summed E-state index contributed by atoms with van der Waals surface area (Å²) in [6, 6.07) is 0. The van der Waals surface area contributed by atoms with Crippen molar-refractivity contribution in [3.8, 4) is 0 Å². The lowest BCUT2D eigenvalue weighted by Crippen LogP contribution is -2.39. The van der Waals surface area contributed by atoms with Gasteiger partial charge < -0.3 is 4.74 Å². The lowest BCUT2D eigenvalue weighted by molar-refractivity contribution is -0.305. The van der Waals surface area contributed by atoms with E-state index < -0.39 is 37.4 Å². The number of alkyl halides is 8. The Labute approximate surface area is 85.4 Å². The van der Waals surface area contributed by atoms with Gasteiger partial charge in [-0.2, -0.15) is 22.0 Å². The van der Waals surface area contributed by atoms with Crippen LogP contribution < -0.4 is 0 Å². The van der Waals surface area contributed by atoms with Crippen LogP contribution in [0.2, 0.25) is 0 Å². The van der Waals surface area contributed by atoms with E-state index in [4.69, 9.17) is 0 Å². The molecule has 0 radical (unpaired) electrons. The number of hydrogen-bond donors (Lipinski definition) is 0. The molecule has 0 fully saturated rings. The van der Waals surface area contributed by atoms with Gasteiger partial charge in [0.15, 0.2) is 6.17 Å². The van der Waals surface area contributed by atoms with Crippen molar-refractivity contribution >= 4 is 0 Å². The minimum absolute atomic E-state index is 0.208. The van der Waals surface area contributed by atoms with Crippen molar-refractivity contribution in [1.29, 1.82) is 0 Å². The van der Waals surface area contributed by atoms with Crippen LogP contribution in [0.25, 0.3) is 0 Å². The molecule has 0 spiro atoms. The predicted octanol–water partition coefficient (Wildman–Crippen LogP) is 3.54. The molecule has 0 aromatic carbocycles. The number of hydrogen-bond acceptors (Lipinski definition) is 1. The first-order chi connectivity index (χ1) is 6.83. The maximum atomic E-state index is 12.4. The molecule has 0 aliphatic carbocycles. The summed E-state index contributed by atoms with van der Waals surface area (Å²) in [6.07, 6.45) is -16.2. The topological polar surface area (TPSA) is 9.23 Å². The van der Waals surface area contributed by atoms with Crippen molar-refractivity contribution in [1.82, 2.24) is 0 Å². The predicted molar refractivity (Wildman–Crippen MR) is 37.1 cm³/mol. The molecule has 0 amide bonds. The summed E-state index contributed by atoms with van der Waals surface area (Å²) in [6.45, 7) is -1.65. The molecule has 0 aliphatic rings. The fourth-order valence-electron chi connectivity index (χ4n) is 0.635. The van der Waals surface area contributed by atoms with Crippen LogP contribution in [0.15, 0.2) is 0 Å². The van der Waals surface area contributed by atoms with Gasteiger partial charge in [-0.05, 0) is 0 Å². The normalized spacial score (nSPS) is 16.3. The second-order valence-corrected chi connectivity index (χ2v) is 3.21. The molecule has 1 unspecified atom stereocenters. The van der Waals surface area contributed by atoms with Crippen LogP contribution in [0, 0.1) is 0 Å². The van der Waals surface area contributed by atoms with E-state index in [0.717, 1.165) is 0 Å². The van der Waals surface area contributed by atoms with Gasteiger partial charge in [0.1, 0.15) is 6.61 Å². The fourth-order valence-corrected chi connectivity index (χ4v) is 0.635. The number of rotatable bonds is 5. The van der Waals surface area contributed by atoms with Crippen molar-refractivity contribution in [3.63, 3.8) is 0 Å². The third-order valence-electron chi connectivity index (χ3n) is 1.29. The second kappa shape index (κ2) is 4.72. The lowest BCUT2D eigenvalue weighted by Gasteiger charge is -2.23. The zero-order valence-electron chi connectivity index (χ0n) is 7.92. The van der Waals surface area contributed by atoms with E-state index in [1.54, 1.807) is 0 Å². The first-order valence-electron chi connectivity index (χ1n) is 3.94. The second-order valence-electron chi connectivity index (χ2n) is 3.21. The molecule has 1 atom stereocenters. The van der Waals surface area contributed by atoms with E-state index in [1.807, 2.05) is 0 Å². The van der Waals surface area contributed by atoms with E-state index >= 15 is 0 Å². The summed E-state index contributed by atoms with van der Waals surface area (Å²) in [5, 5.41) is 0. The highest BCUT2D eigenvalue weighted by molar-refractivity contribution is 4.72. The van der Waals surface area contributed by atoms with Crippen LogP contribution in [-0.2, 0) is 4.74 Å². The van der Waals surface area contributed by atoms with Gasteiger partial charge in [-0.3, -0.25) is 0 Å². The molecular weight excluding hydrogens is 252 g/mol. The Morgan fingerprint density at radius 3 is 1.75 bits per heavy atom. The molecule has 16 heavy (non-hydrogen) atoms. The van der Waals surface area contributed by atoms with E-state index in [9.17, 15) is 35.1 Å². The summed E-state index contributed by atoms with van der Waals surface area (Å²) in [4.78, 5) is 0. The lowest BCUT2D eigenvalue weighted by atomic mass is 10.2. The highest BCUT2D eigenvalue weighted by Crippen LogP contribution is 2.33. The van der Waals surface area contributed by atoms with Gasteiger partial charge >= 0.3 is 12.3 Å². The first kappa shape index (κ1) is 15.4. The Kier molecular flexibility index (Phi) is 4.55. The van der Waals surface area contributed by atoms with Crippen LogP contribution in [0.3, 0.4) is 0 Å². The van der Waals surface area contributed by atoms with Crippen LogP contribution in [0.1, 0.15) is 13.3 Å². The molecule has 0 heterocycles. The quantitative estimate of drug-likeness (QED) is 0.687. The summed E-state index contributed by atoms with van der Waals surface area (Å²) < 4.78 is 99.2. The molecule has 1 nitrogen and oxygen atoms in total. The maximum Gasteiger partial charge on any atom is 0.392 e. The van der Waals surface area contributed by atoms with Crippen molar-refractivity contribution in [2.24, 2.45) is 0 Å². The smallest absolute Gasteiger partial charge is 0.312 e. The molecule has 9 heteroatoms. The molecule has 0 aromatic rings. The largest absolute Gasteiger partial charge is 0.392 e. The Balaban J connectivity index is 4.32. The highest BCUT2D eigenvalue weighted by Gasteiger charge is 2.49. The third kappa shape index (κ3) is 6.81. The molecule has 0 saturated heterocycles. The molecule has 0 rings (SSSR count). The zero-order chi connectivity index (χ0) is 13.2. The van der Waals surface area contributed by atoms with E-state index in [2.05, 4.69) is 4.74 Å². The van der Waals surface area contributed by atoms with Gasteiger partial charge in [0.25, 0.3) is 5.92 Å². The monoisotopic (exact) mass is 260 g/mol. The van der Waals surface area contributed by atoms with Gasteiger partial charge in [0, 0.05) is 6.92 Å². The first-order valence-corrected chi connectivity index (χ1v) is 3.94. The summed E-state index contributed by atoms with van der Waals surface area (Å²) >= 11 is 0. The van der Waals surface area contributed by atoms with E-state index in [1.165, 1.54) is 0 Å². The Bertz CT molecular complexity index is 217. The fraction of sp³-hybridized carbons (Fsp3) is 1.00. The minimum atomic E-state index is -5.17. The molecule has 0 aliphatic heterocycles. The van der Waals surface area contributed by atoms with Crippen molar-refractivity contribution in [3.05, 3.63) is 0 Å². The average molecular weight is 260 g/mol. The van der Waals surface area contributed by atoms with Crippen molar-refractivity contribution in [2.75, 3.05) is 6.61 Å².